The van der Waals surface area contributed by atoms with E-state index in [4.69, 9.17) is 0 Å². The van der Waals surface area contributed by atoms with Gasteiger partial charge in [-0.05, 0) is 25.7 Å². The summed E-state index contributed by atoms with van der Waals surface area (Å²) in [5, 5.41) is 4.31. The van der Waals surface area contributed by atoms with E-state index in [0.29, 0.717) is 12.5 Å². The molecule has 0 aromatic heterocycles. The van der Waals surface area contributed by atoms with Gasteiger partial charge in [0.25, 0.3) is 0 Å². The molecule has 0 unspecified atom stereocenters. The Hall–Kier alpha value is -0.0500. The molecule has 0 heterocycles. The molecular weight excluding hydrogens is 314 g/mol. The third-order valence-corrected chi connectivity index (χ3v) is 4.28. The number of rotatable bonds is 14. The monoisotopic (exact) mass is 347 g/mol. The van der Waals surface area contributed by atoms with Gasteiger partial charge in [-0.1, -0.05) is 74.7 Å². The molecule has 3 heteroatoms. The number of halogens is 1. The first-order valence-electron chi connectivity index (χ1n) is 8.59. The van der Waals surface area contributed by atoms with Gasteiger partial charge in [-0.2, -0.15) is 0 Å². The lowest BCUT2D eigenvalue weighted by atomic mass is 10.0. The number of carbonyl (C=O) groups is 1. The summed E-state index contributed by atoms with van der Waals surface area (Å²) in [6.07, 6.45) is 13.9. The second-order valence-electron chi connectivity index (χ2n) is 5.76. The average molecular weight is 348 g/mol. The molecule has 0 rings (SSSR count). The van der Waals surface area contributed by atoms with Crippen molar-refractivity contribution in [2.45, 2.75) is 96.9 Å². The second kappa shape index (κ2) is 15.3. The van der Waals surface area contributed by atoms with E-state index in [1.165, 1.54) is 44.9 Å². The van der Waals surface area contributed by atoms with Crippen LogP contribution in [0.4, 0.5) is 0 Å². The van der Waals surface area contributed by atoms with Crippen LogP contribution in [0.5, 0.6) is 0 Å². The Morgan fingerprint density at radius 3 is 2.00 bits per heavy atom. The molecule has 0 aliphatic rings. The van der Waals surface area contributed by atoms with Crippen molar-refractivity contribution in [1.82, 2.24) is 5.32 Å². The van der Waals surface area contributed by atoms with Crippen molar-refractivity contribution in [3.05, 3.63) is 0 Å². The fourth-order valence-corrected chi connectivity index (χ4v) is 2.82. The fourth-order valence-electron chi connectivity index (χ4n) is 2.43. The van der Waals surface area contributed by atoms with Crippen LogP contribution < -0.4 is 5.32 Å². The standard InChI is InChI=1S/C17H34BrNO/c1-3-5-8-12-16(13-9-6-4-2)19-17(20)14-10-7-11-15-18/h16H,3-15H2,1-2H3,(H,19,20). The SMILES string of the molecule is CCCCCC(CCCCC)NC(=O)CCCCCBr. The molecule has 0 spiro atoms. The Morgan fingerprint density at radius 1 is 0.900 bits per heavy atom. The molecule has 120 valence electrons. The number of hydrogen-bond donors (Lipinski definition) is 1. The summed E-state index contributed by atoms with van der Waals surface area (Å²) in [4.78, 5) is 12.0. The summed E-state index contributed by atoms with van der Waals surface area (Å²) < 4.78 is 0. The molecule has 1 N–H and O–H groups in total. The summed E-state index contributed by atoms with van der Waals surface area (Å²) in [7, 11) is 0. The van der Waals surface area contributed by atoms with Crippen molar-refractivity contribution in [3.63, 3.8) is 0 Å². The lowest BCUT2D eigenvalue weighted by Crippen LogP contribution is -2.34. The van der Waals surface area contributed by atoms with Gasteiger partial charge in [-0.3, -0.25) is 4.79 Å². The quantitative estimate of drug-likeness (QED) is 0.322. The van der Waals surface area contributed by atoms with Gasteiger partial charge in [0.2, 0.25) is 5.91 Å². The molecule has 0 aliphatic carbocycles. The molecular formula is C17H34BrNO. The van der Waals surface area contributed by atoms with Gasteiger partial charge in [0.15, 0.2) is 0 Å². The number of unbranched alkanes of at least 4 members (excludes halogenated alkanes) is 6. The first-order chi connectivity index (χ1) is 9.74. The summed E-state index contributed by atoms with van der Waals surface area (Å²) in [5.74, 6) is 0.262. The largest absolute Gasteiger partial charge is 0.353 e. The third kappa shape index (κ3) is 13.0. The van der Waals surface area contributed by atoms with E-state index in [2.05, 4.69) is 35.1 Å². The Morgan fingerprint density at radius 2 is 1.50 bits per heavy atom. The topological polar surface area (TPSA) is 29.1 Å². The first-order valence-corrected chi connectivity index (χ1v) is 9.72. The maximum Gasteiger partial charge on any atom is 0.220 e. The predicted octanol–water partition coefficient (Wildman–Crippen LogP) is 5.59. The zero-order valence-electron chi connectivity index (χ0n) is 13.6. The molecule has 0 fully saturated rings. The number of amides is 1. The number of alkyl halides is 1. The van der Waals surface area contributed by atoms with Crippen LogP contribution in [0.15, 0.2) is 0 Å². The van der Waals surface area contributed by atoms with Crippen molar-refractivity contribution < 1.29 is 4.79 Å². The van der Waals surface area contributed by atoms with Crippen LogP contribution in [-0.2, 0) is 4.79 Å². The molecule has 0 aromatic carbocycles. The zero-order valence-corrected chi connectivity index (χ0v) is 15.1. The fraction of sp³-hybridized carbons (Fsp3) is 0.941. The third-order valence-electron chi connectivity index (χ3n) is 3.71. The molecule has 0 aliphatic heterocycles. The van der Waals surface area contributed by atoms with Gasteiger partial charge in [0, 0.05) is 17.8 Å². The van der Waals surface area contributed by atoms with Crippen molar-refractivity contribution in [1.29, 1.82) is 0 Å². The van der Waals surface area contributed by atoms with Crippen LogP contribution in [0.3, 0.4) is 0 Å². The average Bonchev–Trinajstić information content (AvgIpc) is 2.44. The summed E-state index contributed by atoms with van der Waals surface area (Å²) >= 11 is 3.43. The van der Waals surface area contributed by atoms with Gasteiger partial charge in [-0.25, -0.2) is 0 Å². The van der Waals surface area contributed by atoms with Crippen LogP contribution in [0, 0.1) is 0 Å². The van der Waals surface area contributed by atoms with Crippen molar-refractivity contribution in [2.24, 2.45) is 0 Å². The van der Waals surface area contributed by atoms with Gasteiger partial charge in [0.05, 0.1) is 0 Å². The highest BCUT2D eigenvalue weighted by Crippen LogP contribution is 2.12. The van der Waals surface area contributed by atoms with Gasteiger partial charge < -0.3 is 5.32 Å². The van der Waals surface area contributed by atoms with Crippen LogP contribution >= 0.6 is 15.9 Å². The highest BCUT2D eigenvalue weighted by atomic mass is 79.9. The molecule has 0 aromatic rings. The van der Waals surface area contributed by atoms with Gasteiger partial charge >= 0.3 is 0 Å². The summed E-state index contributed by atoms with van der Waals surface area (Å²) in [5.41, 5.74) is 0. The van der Waals surface area contributed by atoms with Crippen LogP contribution in [0.2, 0.25) is 0 Å². The smallest absolute Gasteiger partial charge is 0.220 e. The molecule has 0 bridgehead atoms. The van der Waals surface area contributed by atoms with E-state index in [1.807, 2.05) is 0 Å². The molecule has 0 saturated heterocycles. The summed E-state index contributed by atoms with van der Waals surface area (Å²) in [6, 6.07) is 0.414. The van der Waals surface area contributed by atoms with Crippen molar-refractivity contribution in [2.75, 3.05) is 5.33 Å². The Kier molecular flexibility index (Phi) is 15.3. The minimum atomic E-state index is 0.262. The maximum atomic E-state index is 12.0. The van der Waals surface area contributed by atoms with Crippen molar-refractivity contribution in [3.8, 4) is 0 Å². The van der Waals surface area contributed by atoms with E-state index < -0.39 is 0 Å². The van der Waals surface area contributed by atoms with E-state index >= 15 is 0 Å². The number of nitrogens with one attached hydrogen (secondary N) is 1. The predicted molar refractivity (Wildman–Crippen MR) is 92.5 cm³/mol. The van der Waals surface area contributed by atoms with Crippen LogP contribution in [-0.4, -0.2) is 17.3 Å². The molecule has 0 atom stereocenters. The molecule has 0 radical (unpaired) electrons. The number of carbonyl (C=O) groups excluding carboxylic acids is 1. The number of hydrogen-bond acceptors (Lipinski definition) is 1. The molecule has 1 amide bonds. The minimum absolute atomic E-state index is 0.262. The first kappa shape index (κ1) is 19.9. The lowest BCUT2D eigenvalue weighted by Gasteiger charge is -2.18. The zero-order chi connectivity index (χ0) is 15.1. The Bertz CT molecular complexity index is 211. The summed E-state index contributed by atoms with van der Waals surface area (Å²) in [6.45, 7) is 4.46. The minimum Gasteiger partial charge on any atom is -0.353 e. The Labute approximate surface area is 134 Å². The molecule has 0 saturated carbocycles. The lowest BCUT2D eigenvalue weighted by molar-refractivity contribution is -0.122. The normalized spacial score (nSPS) is 11.0. The van der Waals surface area contributed by atoms with Crippen molar-refractivity contribution >= 4 is 21.8 Å². The van der Waals surface area contributed by atoms with E-state index in [-0.39, 0.29) is 5.91 Å². The van der Waals surface area contributed by atoms with Gasteiger partial charge in [-0.15, -0.1) is 0 Å². The van der Waals surface area contributed by atoms with E-state index in [1.54, 1.807) is 0 Å². The Balaban J connectivity index is 3.88. The van der Waals surface area contributed by atoms with Gasteiger partial charge in [0.1, 0.15) is 0 Å². The molecule has 20 heavy (non-hydrogen) atoms. The van der Waals surface area contributed by atoms with Crippen LogP contribution in [0.1, 0.15) is 90.9 Å². The highest BCUT2D eigenvalue weighted by Gasteiger charge is 2.11. The van der Waals surface area contributed by atoms with E-state index in [9.17, 15) is 4.79 Å². The van der Waals surface area contributed by atoms with E-state index in [0.717, 1.165) is 31.0 Å². The molecule has 2 nitrogen and oxygen atoms in total. The second-order valence-corrected chi connectivity index (χ2v) is 6.55. The van der Waals surface area contributed by atoms with Crippen LogP contribution in [0.25, 0.3) is 0 Å². The maximum absolute atomic E-state index is 12.0. The highest BCUT2D eigenvalue weighted by molar-refractivity contribution is 9.09.